The fraction of sp³-hybridized carbons (Fsp3) is 0.200. The Hall–Kier alpha value is -2.01. The number of carbonyl (C=O) groups excluding carboxylic acids is 1. The first-order chi connectivity index (χ1) is 9.69. The molecule has 0 saturated carbocycles. The summed E-state index contributed by atoms with van der Waals surface area (Å²) in [7, 11) is 0. The normalized spacial score (nSPS) is 10.2. The van der Waals surface area contributed by atoms with Gasteiger partial charge in [-0.2, -0.15) is 0 Å². The number of rotatable bonds is 5. The number of aromatic nitrogens is 1. The van der Waals surface area contributed by atoms with Crippen LogP contribution >= 0.6 is 11.8 Å². The molecule has 1 aromatic heterocycles. The van der Waals surface area contributed by atoms with Crippen molar-refractivity contribution in [2.75, 3.05) is 16.8 Å². The average Bonchev–Trinajstić information content (AvgIpc) is 2.47. The first-order valence-corrected chi connectivity index (χ1v) is 7.38. The summed E-state index contributed by atoms with van der Waals surface area (Å²) < 4.78 is 0. The molecule has 0 radical (unpaired) electrons. The second kappa shape index (κ2) is 6.96. The van der Waals surface area contributed by atoms with E-state index in [-0.39, 0.29) is 5.91 Å². The van der Waals surface area contributed by atoms with Gasteiger partial charge in [0.1, 0.15) is 0 Å². The molecule has 0 aliphatic rings. The number of anilines is 2. The zero-order valence-corrected chi connectivity index (χ0v) is 12.1. The van der Waals surface area contributed by atoms with E-state index in [0.717, 1.165) is 17.0 Å². The number of nitrogens with one attached hydrogen (secondary N) is 1. The maximum absolute atomic E-state index is 11.9. The third-order valence-corrected chi connectivity index (χ3v) is 3.90. The molecule has 0 fully saturated rings. The molecule has 0 aliphatic heterocycles. The van der Waals surface area contributed by atoms with E-state index >= 15 is 0 Å². The molecular weight excluding hydrogens is 270 g/mol. The minimum Gasteiger partial charge on any atom is -0.397 e. The standard InChI is InChI=1S/C15H17N3OS/c1-2-11-3-5-12(6-4-11)18-15(19)10-20-14-7-8-17-9-13(14)16/h3-9H,2,10,16H2,1H3,(H,18,19). The first-order valence-electron chi connectivity index (χ1n) is 6.40. The number of benzene rings is 1. The lowest BCUT2D eigenvalue weighted by molar-refractivity contribution is -0.113. The zero-order chi connectivity index (χ0) is 14.4. The summed E-state index contributed by atoms with van der Waals surface area (Å²) in [6.07, 6.45) is 4.25. The Labute approximate surface area is 122 Å². The lowest BCUT2D eigenvalue weighted by Gasteiger charge is -2.07. The van der Waals surface area contributed by atoms with Crippen molar-refractivity contribution in [1.29, 1.82) is 0 Å². The number of thioether (sulfide) groups is 1. The van der Waals surface area contributed by atoms with Crippen molar-refractivity contribution in [2.24, 2.45) is 0 Å². The predicted octanol–water partition coefficient (Wildman–Crippen LogP) is 2.96. The molecule has 0 spiro atoms. The molecule has 0 saturated heterocycles. The van der Waals surface area contributed by atoms with Gasteiger partial charge in [0.25, 0.3) is 0 Å². The Morgan fingerprint density at radius 3 is 2.70 bits per heavy atom. The Bertz CT molecular complexity index is 584. The van der Waals surface area contributed by atoms with Crippen molar-refractivity contribution in [3.05, 3.63) is 48.3 Å². The highest BCUT2D eigenvalue weighted by Crippen LogP contribution is 2.23. The molecule has 4 nitrogen and oxygen atoms in total. The molecule has 0 bridgehead atoms. The number of nitrogens with two attached hydrogens (primary N) is 1. The van der Waals surface area contributed by atoms with Crippen LogP contribution in [-0.2, 0) is 11.2 Å². The Morgan fingerprint density at radius 1 is 1.30 bits per heavy atom. The summed E-state index contributed by atoms with van der Waals surface area (Å²) in [5.41, 5.74) is 8.44. The van der Waals surface area contributed by atoms with Crippen molar-refractivity contribution in [3.8, 4) is 0 Å². The minimum atomic E-state index is -0.0459. The van der Waals surface area contributed by atoms with Crippen LogP contribution < -0.4 is 11.1 Å². The van der Waals surface area contributed by atoms with Gasteiger partial charge in [-0.25, -0.2) is 0 Å². The second-order valence-corrected chi connectivity index (χ2v) is 5.32. The fourth-order valence-corrected chi connectivity index (χ4v) is 2.42. The number of hydrogen-bond donors (Lipinski definition) is 2. The number of aryl methyl sites for hydroxylation is 1. The van der Waals surface area contributed by atoms with Gasteiger partial charge < -0.3 is 11.1 Å². The van der Waals surface area contributed by atoms with Gasteiger partial charge >= 0.3 is 0 Å². The van der Waals surface area contributed by atoms with Gasteiger partial charge in [0.05, 0.1) is 17.6 Å². The van der Waals surface area contributed by atoms with Crippen molar-refractivity contribution < 1.29 is 4.79 Å². The van der Waals surface area contributed by atoms with Crippen LogP contribution in [-0.4, -0.2) is 16.6 Å². The van der Waals surface area contributed by atoms with E-state index in [2.05, 4.69) is 17.2 Å². The van der Waals surface area contributed by atoms with Crippen molar-refractivity contribution in [3.63, 3.8) is 0 Å². The smallest absolute Gasteiger partial charge is 0.234 e. The van der Waals surface area contributed by atoms with Crippen LogP contribution in [0.4, 0.5) is 11.4 Å². The van der Waals surface area contributed by atoms with Gasteiger partial charge in [-0.05, 0) is 30.2 Å². The van der Waals surface area contributed by atoms with E-state index in [9.17, 15) is 4.79 Å². The number of hydrogen-bond acceptors (Lipinski definition) is 4. The second-order valence-electron chi connectivity index (χ2n) is 4.30. The summed E-state index contributed by atoms with van der Waals surface area (Å²) in [5.74, 6) is 0.277. The lowest BCUT2D eigenvalue weighted by atomic mass is 10.1. The van der Waals surface area contributed by atoms with Crippen LogP contribution in [0.5, 0.6) is 0 Å². The molecule has 2 aromatic rings. The molecule has 1 aromatic carbocycles. The maximum atomic E-state index is 11.9. The molecule has 20 heavy (non-hydrogen) atoms. The van der Waals surface area contributed by atoms with Crippen LogP contribution in [0.15, 0.2) is 47.6 Å². The number of amides is 1. The topological polar surface area (TPSA) is 68.0 Å². The van der Waals surface area contributed by atoms with E-state index in [0.29, 0.717) is 11.4 Å². The van der Waals surface area contributed by atoms with E-state index in [1.54, 1.807) is 12.4 Å². The van der Waals surface area contributed by atoms with Gasteiger partial charge in [-0.15, -0.1) is 11.8 Å². The van der Waals surface area contributed by atoms with Gasteiger partial charge in [0.15, 0.2) is 0 Å². The number of pyridine rings is 1. The third-order valence-electron chi connectivity index (χ3n) is 2.81. The van der Waals surface area contributed by atoms with Crippen LogP contribution in [0.25, 0.3) is 0 Å². The molecule has 1 amide bonds. The summed E-state index contributed by atoms with van der Waals surface area (Å²) >= 11 is 1.41. The monoisotopic (exact) mass is 287 g/mol. The summed E-state index contributed by atoms with van der Waals surface area (Å²) in [6.45, 7) is 2.10. The SMILES string of the molecule is CCc1ccc(NC(=O)CSc2ccncc2N)cc1. The number of nitrogens with zero attached hydrogens (tertiary/aromatic N) is 1. The molecule has 1 heterocycles. The van der Waals surface area contributed by atoms with Crippen LogP contribution in [0.3, 0.4) is 0 Å². The van der Waals surface area contributed by atoms with Gasteiger partial charge in [-0.1, -0.05) is 19.1 Å². The number of nitrogen functional groups attached to an aromatic ring is 1. The third kappa shape index (κ3) is 3.99. The molecule has 2 rings (SSSR count). The molecule has 3 N–H and O–H groups in total. The lowest BCUT2D eigenvalue weighted by Crippen LogP contribution is -2.14. The van der Waals surface area contributed by atoms with Crippen LogP contribution in [0.1, 0.15) is 12.5 Å². The molecule has 104 valence electrons. The minimum absolute atomic E-state index is 0.0459. The Balaban J connectivity index is 1.87. The highest BCUT2D eigenvalue weighted by Gasteiger charge is 2.05. The summed E-state index contributed by atoms with van der Waals surface area (Å²) in [5, 5.41) is 2.87. The largest absolute Gasteiger partial charge is 0.397 e. The molecule has 0 unspecified atom stereocenters. The van der Waals surface area contributed by atoms with E-state index in [4.69, 9.17) is 5.73 Å². The van der Waals surface area contributed by atoms with Crippen molar-refractivity contribution >= 4 is 29.0 Å². The van der Waals surface area contributed by atoms with Gasteiger partial charge in [0, 0.05) is 16.8 Å². The van der Waals surface area contributed by atoms with Crippen LogP contribution in [0, 0.1) is 0 Å². The molecule has 0 aliphatic carbocycles. The Morgan fingerprint density at radius 2 is 2.05 bits per heavy atom. The highest BCUT2D eigenvalue weighted by molar-refractivity contribution is 8.00. The maximum Gasteiger partial charge on any atom is 0.234 e. The summed E-state index contributed by atoms with van der Waals surface area (Å²) in [6, 6.07) is 9.68. The average molecular weight is 287 g/mol. The van der Waals surface area contributed by atoms with E-state index in [1.807, 2.05) is 30.3 Å². The Kier molecular flexibility index (Phi) is 5.01. The quantitative estimate of drug-likeness (QED) is 0.830. The molecule has 0 atom stereocenters. The van der Waals surface area contributed by atoms with E-state index < -0.39 is 0 Å². The van der Waals surface area contributed by atoms with Crippen LogP contribution in [0.2, 0.25) is 0 Å². The molecular formula is C15H17N3OS. The van der Waals surface area contributed by atoms with Crippen molar-refractivity contribution in [1.82, 2.24) is 4.98 Å². The summed E-state index contributed by atoms with van der Waals surface area (Å²) in [4.78, 5) is 16.7. The zero-order valence-electron chi connectivity index (χ0n) is 11.3. The van der Waals surface area contributed by atoms with Gasteiger partial charge in [0.2, 0.25) is 5.91 Å². The van der Waals surface area contributed by atoms with E-state index in [1.165, 1.54) is 17.3 Å². The molecule has 5 heteroatoms. The fourth-order valence-electron chi connectivity index (χ4n) is 1.69. The first kappa shape index (κ1) is 14.4. The predicted molar refractivity (Wildman–Crippen MR) is 83.8 cm³/mol. The van der Waals surface area contributed by atoms with Crippen molar-refractivity contribution in [2.45, 2.75) is 18.2 Å². The highest BCUT2D eigenvalue weighted by atomic mass is 32.2. The number of carbonyl (C=O) groups is 1. The van der Waals surface area contributed by atoms with Gasteiger partial charge in [-0.3, -0.25) is 9.78 Å².